The van der Waals surface area contributed by atoms with E-state index in [-0.39, 0.29) is 29.7 Å². The van der Waals surface area contributed by atoms with Gasteiger partial charge >= 0.3 is 6.61 Å². The van der Waals surface area contributed by atoms with Crippen molar-refractivity contribution in [2.45, 2.75) is 26.6 Å². The second-order valence-electron chi connectivity index (χ2n) is 6.16. The number of hydrogen-bond donors (Lipinski definition) is 2. The Morgan fingerprint density at radius 3 is 2.70 bits per heavy atom. The highest BCUT2D eigenvalue weighted by Gasteiger charge is 2.09. The first-order valence-corrected chi connectivity index (χ1v) is 9.29. The van der Waals surface area contributed by atoms with Crippen molar-refractivity contribution < 1.29 is 13.5 Å². The first kappa shape index (κ1) is 23.6. The number of nitrogens with one attached hydrogen (secondary N) is 2. The minimum atomic E-state index is -2.86. The standard InChI is InChI=1S/C21H23F2N5O.HI/c1-2-24-21(26-15-17-8-3-4-10-19(17)29-20(22)23)25-14-16-7-5-9-18(13-16)28-12-6-11-27-28;/h3-13,20H,2,14-15H2,1H3,(H2,24,25,26);1H. The molecule has 0 saturated carbocycles. The summed E-state index contributed by atoms with van der Waals surface area (Å²) < 4.78 is 31.5. The Bertz CT molecular complexity index is 935. The van der Waals surface area contributed by atoms with Gasteiger partial charge in [-0.15, -0.1) is 24.0 Å². The van der Waals surface area contributed by atoms with Crippen LogP contribution in [0.25, 0.3) is 5.69 Å². The van der Waals surface area contributed by atoms with Crippen LogP contribution in [-0.4, -0.2) is 28.9 Å². The van der Waals surface area contributed by atoms with Gasteiger partial charge in [-0.25, -0.2) is 9.67 Å². The molecular formula is C21H24F2IN5O. The van der Waals surface area contributed by atoms with Crippen molar-refractivity contribution in [3.63, 3.8) is 0 Å². The molecule has 0 fully saturated rings. The van der Waals surface area contributed by atoms with Crippen molar-refractivity contribution in [3.05, 3.63) is 78.1 Å². The third kappa shape index (κ3) is 6.97. The van der Waals surface area contributed by atoms with Gasteiger partial charge < -0.3 is 15.4 Å². The van der Waals surface area contributed by atoms with Crippen molar-refractivity contribution in [2.24, 2.45) is 4.99 Å². The Kier molecular flexibility index (Phi) is 9.52. The number of alkyl halides is 2. The zero-order valence-electron chi connectivity index (χ0n) is 16.5. The van der Waals surface area contributed by atoms with Crippen molar-refractivity contribution >= 4 is 29.9 Å². The van der Waals surface area contributed by atoms with Crippen molar-refractivity contribution in [1.82, 2.24) is 20.4 Å². The molecule has 0 amide bonds. The zero-order valence-corrected chi connectivity index (χ0v) is 18.8. The van der Waals surface area contributed by atoms with E-state index in [1.807, 2.05) is 43.5 Å². The molecule has 0 bridgehead atoms. The molecule has 2 aromatic carbocycles. The maximum atomic E-state index is 12.6. The lowest BCUT2D eigenvalue weighted by Crippen LogP contribution is -2.36. The number of benzene rings is 2. The number of aliphatic imine (C=N–C) groups is 1. The van der Waals surface area contributed by atoms with Crippen LogP contribution in [0.5, 0.6) is 5.75 Å². The quantitative estimate of drug-likeness (QED) is 0.260. The van der Waals surface area contributed by atoms with E-state index in [1.54, 1.807) is 29.1 Å². The predicted molar refractivity (Wildman–Crippen MR) is 124 cm³/mol. The van der Waals surface area contributed by atoms with E-state index >= 15 is 0 Å². The maximum Gasteiger partial charge on any atom is 0.387 e. The van der Waals surface area contributed by atoms with Crippen LogP contribution in [0.2, 0.25) is 0 Å². The third-order valence-corrected chi connectivity index (χ3v) is 4.08. The van der Waals surface area contributed by atoms with Crippen LogP contribution in [-0.2, 0) is 13.1 Å². The minimum absolute atomic E-state index is 0. The monoisotopic (exact) mass is 527 g/mol. The molecule has 160 valence electrons. The number of rotatable bonds is 8. The largest absolute Gasteiger partial charge is 0.434 e. The van der Waals surface area contributed by atoms with Gasteiger partial charge in [0.25, 0.3) is 0 Å². The van der Waals surface area contributed by atoms with Gasteiger partial charge in [-0.2, -0.15) is 13.9 Å². The van der Waals surface area contributed by atoms with Crippen molar-refractivity contribution in [3.8, 4) is 11.4 Å². The fraction of sp³-hybridized carbons (Fsp3) is 0.238. The van der Waals surface area contributed by atoms with Gasteiger partial charge in [0.05, 0.1) is 12.2 Å². The molecule has 1 aromatic heterocycles. The molecular weight excluding hydrogens is 503 g/mol. The van der Waals surface area contributed by atoms with Crippen LogP contribution in [0.3, 0.4) is 0 Å². The predicted octanol–water partition coefficient (Wildman–Crippen LogP) is 4.35. The second kappa shape index (κ2) is 12.1. The summed E-state index contributed by atoms with van der Waals surface area (Å²) in [7, 11) is 0. The molecule has 6 nitrogen and oxygen atoms in total. The lowest BCUT2D eigenvalue weighted by Gasteiger charge is -2.14. The van der Waals surface area contributed by atoms with Crippen LogP contribution < -0.4 is 15.4 Å². The van der Waals surface area contributed by atoms with Crippen LogP contribution >= 0.6 is 24.0 Å². The molecule has 0 spiro atoms. The van der Waals surface area contributed by atoms with E-state index in [0.29, 0.717) is 31.2 Å². The van der Waals surface area contributed by atoms with Crippen LogP contribution in [0.1, 0.15) is 18.1 Å². The summed E-state index contributed by atoms with van der Waals surface area (Å²) in [6.45, 7) is 0.541. The first-order valence-electron chi connectivity index (χ1n) is 9.29. The third-order valence-electron chi connectivity index (χ3n) is 4.08. The molecule has 0 saturated heterocycles. The molecule has 9 heteroatoms. The van der Waals surface area contributed by atoms with Gasteiger partial charge in [0.15, 0.2) is 5.96 Å². The number of halogens is 3. The highest BCUT2D eigenvalue weighted by molar-refractivity contribution is 14.0. The van der Waals surface area contributed by atoms with E-state index in [2.05, 4.69) is 25.5 Å². The summed E-state index contributed by atoms with van der Waals surface area (Å²) in [6.07, 6.45) is 3.61. The number of nitrogens with zero attached hydrogens (tertiary/aromatic N) is 3. The molecule has 1 heterocycles. The summed E-state index contributed by atoms with van der Waals surface area (Å²) in [5.41, 5.74) is 2.61. The van der Waals surface area contributed by atoms with Crippen molar-refractivity contribution in [1.29, 1.82) is 0 Å². The molecule has 0 aliphatic carbocycles. The van der Waals surface area contributed by atoms with E-state index in [4.69, 9.17) is 0 Å². The Balaban J connectivity index is 0.00000320. The lowest BCUT2D eigenvalue weighted by molar-refractivity contribution is -0.0504. The van der Waals surface area contributed by atoms with E-state index in [1.165, 1.54) is 6.07 Å². The molecule has 30 heavy (non-hydrogen) atoms. The number of aromatic nitrogens is 2. The highest BCUT2D eigenvalue weighted by Crippen LogP contribution is 2.20. The van der Waals surface area contributed by atoms with Gasteiger partial charge in [-0.3, -0.25) is 0 Å². The summed E-state index contributed by atoms with van der Waals surface area (Å²) in [6, 6.07) is 16.5. The van der Waals surface area contributed by atoms with Gasteiger partial charge in [0.2, 0.25) is 0 Å². The Morgan fingerprint density at radius 2 is 1.97 bits per heavy atom. The number of ether oxygens (including phenoxy) is 1. The van der Waals surface area contributed by atoms with Crippen LogP contribution in [0, 0.1) is 0 Å². The Morgan fingerprint density at radius 1 is 1.13 bits per heavy atom. The topological polar surface area (TPSA) is 63.5 Å². The Hall–Kier alpha value is -2.69. The molecule has 0 aliphatic rings. The van der Waals surface area contributed by atoms with Gasteiger partial charge in [0.1, 0.15) is 5.75 Å². The molecule has 2 N–H and O–H groups in total. The van der Waals surface area contributed by atoms with E-state index in [9.17, 15) is 8.78 Å². The van der Waals surface area contributed by atoms with E-state index < -0.39 is 6.61 Å². The number of para-hydroxylation sites is 1. The first-order chi connectivity index (χ1) is 14.2. The van der Waals surface area contributed by atoms with Gasteiger partial charge in [0, 0.05) is 31.0 Å². The summed E-state index contributed by atoms with van der Waals surface area (Å²) in [5.74, 6) is 0.738. The van der Waals surface area contributed by atoms with Gasteiger partial charge in [-0.05, 0) is 36.8 Å². The van der Waals surface area contributed by atoms with Crippen molar-refractivity contribution in [2.75, 3.05) is 6.54 Å². The van der Waals surface area contributed by atoms with Crippen LogP contribution in [0.4, 0.5) is 8.78 Å². The minimum Gasteiger partial charge on any atom is -0.434 e. The van der Waals surface area contributed by atoms with Gasteiger partial charge in [-0.1, -0.05) is 30.3 Å². The van der Waals surface area contributed by atoms with E-state index in [0.717, 1.165) is 11.3 Å². The molecule has 0 unspecified atom stereocenters. The smallest absolute Gasteiger partial charge is 0.387 e. The number of guanidine groups is 1. The second-order valence-corrected chi connectivity index (χ2v) is 6.16. The number of hydrogen-bond acceptors (Lipinski definition) is 3. The fourth-order valence-corrected chi connectivity index (χ4v) is 2.77. The molecule has 0 atom stereocenters. The summed E-state index contributed by atoms with van der Waals surface area (Å²) in [5, 5.41) is 10.6. The lowest BCUT2D eigenvalue weighted by atomic mass is 10.2. The fourth-order valence-electron chi connectivity index (χ4n) is 2.77. The zero-order chi connectivity index (χ0) is 20.5. The maximum absolute atomic E-state index is 12.6. The Labute approximate surface area is 191 Å². The average molecular weight is 527 g/mol. The molecule has 3 aromatic rings. The average Bonchev–Trinajstić information content (AvgIpc) is 3.26. The molecule has 0 radical (unpaired) electrons. The van der Waals surface area contributed by atoms with Crippen LogP contribution in [0.15, 0.2) is 72.0 Å². The SMILES string of the molecule is CCNC(=NCc1cccc(-n2cccn2)c1)NCc1ccccc1OC(F)F.I. The summed E-state index contributed by atoms with van der Waals surface area (Å²) in [4.78, 5) is 4.59. The highest BCUT2D eigenvalue weighted by atomic mass is 127. The molecule has 3 rings (SSSR count). The normalized spacial score (nSPS) is 11.1. The summed E-state index contributed by atoms with van der Waals surface area (Å²) >= 11 is 0. The molecule has 0 aliphatic heterocycles.